The molecule has 2 heteroatoms. The predicted octanol–water partition coefficient (Wildman–Crippen LogP) is 3.51. The van der Waals surface area contributed by atoms with Crippen molar-refractivity contribution in [2.75, 3.05) is 0 Å². The van der Waals surface area contributed by atoms with Gasteiger partial charge in [-0.25, -0.2) is 0 Å². The molecule has 2 nitrogen and oxygen atoms in total. The van der Waals surface area contributed by atoms with E-state index in [1.54, 1.807) is 0 Å². The summed E-state index contributed by atoms with van der Waals surface area (Å²) in [5.41, 5.74) is 3.51. The molecule has 0 unspecified atom stereocenters. The Morgan fingerprint density at radius 2 is 1.81 bits per heavy atom. The maximum Gasteiger partial charge on any atom is 0.0501 e. The fraction of sp³-hybridized carbons (Fsp3) is 0.0714. The first-order valence-corrected chi connectivity index (χ1v) is 5.37. The normalized spacial score (nSPS) is 11.0. The van der Waals surface area contributed by atoms with Gasteiger partial charge in [-0.05, 0) is 17.8 Å². The highest BCUT2D eigenvalue weighted by molar-refractivity contribution is 6.08. The summed E-state index contributed by atoms with van der Waals surface area (Å²) in [4.78, 5) is 3.43. The average molecular weight is 208 g/mol. The Bertz CT molecular complexity index is 665. The summed E-state index contributed by atoms with van der Waals surface area (Å²) in [6.45, 7) is 0. The van der Waals surface area contributed by atoms with Gasteiger partial charge in [-0.15, -0.1) is 0 Å². The van der Waals surface area contributed by atoms with E-state index < -0.39 is 0 Å². The highest BCUT2D eigenvalue weighted by Gasteiger charge is 2.05. The molecule has 0 spiro atoms. The SMILES string of the molecule is N=CCc1cccc2c1[nH]c1ccccc12. The topological polar surface area (TPSA) is 39.6 Å². The largest absolute Gasteiger partial charge is 0.354 e. The highest BCUT2D eigenvalue weighted by Crippen LogP contribution is 2.27. The fourth-order valence-corrected chi connectivity index (χ4v) is 2.21. The molecule has 0 bridgehead atoms. The van der Waals surface area contributed by atoms with E-state index in [9.17, 15) is 0 Å². The van der Waals surface area contributed by atoms with Crippen molar-refractivity contribution >= 4 is 28.0 Å². The lowest BCUT2D eigenvalue weighted by Crippen LogP contribution is -1.86. The minimum atomic E-state index is 0.685. The third kappa shape index (κ3) is 1.23. The summed E-state index contributed by atoms with van der Waals surface area (Å²) < 4.78 is 0. The molecule has 0 saturated heterocycles. The highest BCUT2D eigenvalue weighted by atomic mass is 14.7. The molecule has 78 valence electrons. The van der Waals surface area contributed by atoms with E-state index in [1.165, 1.54) is 22.6 Å². The van der Waals surface area contributed by atoms with Crippen molar-refractivity contribution in [2.24, 2.45) is 0 Å². The number of benzene rings is 2. The van der Waals surface area contributed by atoms with Crippen molar-refractivity contribution in [1.29, 1.82) is 5.41 Å². The van der Waals surface area contributed by atoms with E-state index in [0.29, 0.717) is 6.42 Å². The first-order chi connectivity index (χ1) is 7.90. The third-order valence-corrected chi connectivity index (χ3v) is 2.95. The molecule has 0 fully saturated rings. The van der Waals surface area contributed by atoms with E-state index in [2.05, 4.69) is 41.4 Å². The number of H-pyrrole nitrogens is 1. The second-order valence-corrected chi connectivity index (χ2v) is 3.92. The quantitative estimate of drug-likeness (QED) is 0.605. The molecule has 2 N–H and O–H groups in total. The monoisotopic (exact) mass is 208 g/mol. The van der Waals surface area contributed by atoms with E-state index in [1.807, 2.05) is 6.07 Å². The van der Waals surface area contributed by atoms with Crippen LogP contribution in [-0.2, 0) is 6.42 Å². The van der Waals surface area contributed by atoms with Gasteiger partial charge in [0.05, 0.1) is 5.52 Å². The van der Waals surface area contributed by atoms with Crippen LogP contribution in [0.1, 0.15) is 5.56 Å². The molecule has 1 aromatic heterocycles. The van der Waals surface area contributed by atoms with Crippen LogP contribution >= 0.6 is 0 Å². The maximum absolute atomic E-state index is 7.21. The van der Waals surface area contributed by atoms with Gasteiger partial charge < -0.3 is 10.4 Å². The van der Waals surface area contributed by atoms with Crippen molar-refractivity contribution in [1.82, 2.24) is 4.98 Å². The number of aromatic amines is 1. The molecular formula is C14H12N2. The van der Waals surface area contributed by atoms with Crippen LogP contribution < -0.4 is 0 Å². The molecule has 16 heavy (non-hydrogen) atoms. The molecule has 3 aromatic rings. The van der Waals surface area contributed by atoms with Crippen LogP contribution in [0.4, 0.5) is 0 Å². The van der Waals surface area contributed by atoms with Gasteiger partial charge in [0.15, 0.2) is 0 Å². The maximum atomic E-state index is 7.21. The molecule has 0 aliphatic rings. The van der Waals surface area contributed by atoms with Gasteiger partial charge in [0.1, 0.15) is 0 Å². The summed E-state index contributed by atoms with van der Waals surface area (Å²) in [6, 6.07) is 14.6. The lowest BCUT2D eigenvalue weighted by atomic mass is 10.1. The van der Waals surface area contributed by atoms with Gasteiger partial charge >= 0.3 is 0 Å². The molecule has 0 aliphatic heterocycles. The van der Waals surface area contributed by atoms with Crippen LogP contribution in [0.3, 0.4) is 0 Å². The number of rotatable bonds is 2. The lowest BCUT2D eigenvalue weighted by molar-refractivity contribution is 1.34. The Hall–Kier alpha value is -2.09. The Balaban J connectivity index is 2.43. The predicted molar refractivity (Wildman–Crippen MR) is 68.3 cm³/mol. The average Bonchev–Trinajstić information content (AvgIpc) is 2.69. The van der Waals surface area contributed by atoms with Crippen molar-refractivity contribution < 1.29 is 0 Å². The van der Waals surface area contributed by atoms with E-state index in [4.69, 9.17) is 5.41 Å². The molecule has 0 atom stereocenters. The molecule has 0 saturated carbocycles. The summed E-state index contributed by atoms with van der Waals surface area (Å²) in [6.07, 6.45) is 2.13. The molecular weight excluding hydrogens is 196 g/mol. The van der Waals surface area contributed by atoms with Crippen LogP contribution in [0.15, 0.2) is 42.5 Å². The summed E-state index contributed by atoms with van der Waals surface area (Å²) in [5, 5.41) is 9.71. The van der Waals surface area contributed by atoms with E-state index in [-0.39, 0.29) is 0 Å². The van der Waals surface area contributed by atoms with Gasteiger partial charge in [0, 0.05) is 22.7 Å². The molecule has 3 rings (SSSR count). The van der Waals surface area contributed by atoms with E-state index >= 15 is 0 Å². The minimum absolute atomic E-state index is 0.685. The van der Waals surface area contributed by atoms with Crippen molar-refractivity contribution in [3.63, 3.8) is 0 Å². The van der Waals surface area contributed by atoms with Gasteiger partial charge in [-0.3, -0.25) is 0 Å². The standard InChI is InChI=1S/C14H12N2/c15-9-8-10-4-3-6-12-11-5-1-2-7-13(11)16-14(10)12/h1-7,9,15-16H,8H2. The lowest BCUT2D eigenvalue weighted by Gasteiger charge is -1.97. The minimum Gasteiger partial charge on any atom is -0.354 e. The molecule has 1 heterocycles. The van der Waals surface area contributed by atoms with Crippen LogP contribution in [0, 0.1) is 5.41 Å². The second-order valence-electron chi connectivity index (χ2n) is 3.92. The number of aromatic nitrogens is 1. The number of nitrogens with one attached hydrogen (secondary N) is 2. The van der Waals surface area contributed by atoms with Crippen LogP contribution in [0.5, 0.6) is 0 Å². The molecule has 0 aliphatic carbocycles. The smallest absolute Gasteiger partial charge is 0.0501 e. The Labute approximate surface area is 93.4 Å². The van der Waals surface area contributed by atoms with E-state index in [0.717, 1.165) is 11.0 Å². The Morgan fingerprint density at radius 3 is 2.69 bits per heavy atom. The Kier molecular flexibility index (Phi) is 2.00. The number of hydrogen-bond acceptors (Lipinski definition) is 1. The first kappa shape index (κ1) is 9.16. The zero-order valence-corrected chi connectivity index (χ0v) is 8.83. The van der Waals surface area contributed by atoms with Crippen molar-refractivity contribution in [2.45, 2.75) is 6.42 Å². The number of hydrogen-bond donors (Lipinski definition) is 2. The van der Waals surface area contributed by atoms with Gasteiger partial charge in [-0.2, -0.15) is 0 Å². The van der Waals surface area contributed by atoms with Crippen LogP contribution in [0.25, 0.3) is 21.8 Å². The molecule has 0 amide bonds. The van der Waals surface area contributed by atoms with Crippen LogP contribution in [0.2, 0.25) is 0 Å². The third-order valence-electron chi connectivity index (χ3n) is 2.95. The summed E-state index contributed by atoms with van der Waals surface area (Å²) >= 11 is 0. The Morgan fingerprint density at radius 1 is 1.00 bits per heavy atom. The fourth-order valence-electron chi connectivity index (χ4n) is 2.21. The van der Waals surface area contributed by atoms with Crippen LogP contribution in [-0.4, -0.2) is 11.2 Å². The second kappa shape index (κ2) is 3.49. The summed E-state index contributed by atoms with van der Waals surface area (Å²) in [5.74, 6) is 0. The first-order valence-electron chi connectivity index (χ1n) is 5.37. The van der Waals surface area contributed by atoms with Gasteiger partial charge in [-0.1, -0.05) is 36.4 Å². The van der Waals surface area contributed by atoms with Crippen molar-refractivity contribution in [3.05, 3.63) is 48.0 Å². The van der Waals surface area contributed by atoms with Gasteiger partial charge in [0.25, 0.3) is 0 Å². The zero-order chi connectivity index (χ0) is 11.0. The number of fused-ring (bicyclic) bond motifs is 3. The van der Waals surface area contributed by atoms with Gasteiger partial charge in [0.2, 0.25) is 0 Å². The molecule has 2 aromatic carbocycles. The van der Waals surface area contributed by atoms with Crippen molar-refractivity contribution in [3.8, 4) is 0 Å². The summed E-state index contributed by atoms with van der Waals surface area (Å²) in [7, 11) is 0. The molecule has 0 radical (unpaired) electrons. The zero-order valence-electron chi connectivity index (χ0n) is 8.83. The number of para-hydroxylation sites is 2.